The van der Waals surface area contributed by atoms with Gasteiger partial charge in [0.2, 0.25) is 0 Å². The molecule has 1 aliphatic rings. The van der Waals surface area contributed by atoms with Crippen molar-refractivity contribution in [1.29, 1.82) is 0 Å². The van der Waals surface area contributed by atoms with Crippen LogP contribution >= 0.6 is 0 Å². The largest absolute Gasteiger partial charge is 0.494 e. The maximum atomic E-state index is 11.9. The lowest BCUT2D eigenvalue weighted by Gasteiger charge is -2.23. The summed E-state index contributed by atoms with van der Waals surface area (Å²) in [5, 5.41) is 33.2. The van der Waals surface area contributed by atoms with Gasteiger partial charge in [-0.3, -0.25) is 4.98 Å². The second-order valence-corrected chi connectivity index (χ2v) is 10.4. The Morgan fingerprint density at radius 3 is 2.71 bits per heavy atom. The van der Waals surface area contributed by atoms with Crippen LogP contribution in [0.3, 0.4) is 0 Å². The van der Waals surface area contributed by atoms with E-state index >= 15 is 0 Å². The van der Waals surface area contributed by atoms with Crippen LogP contribution in [0, 0.1) is 0 Å². The highest BCUT2D eigenvalue weighted by molar-refractivity contribution is 5.96. The number of methoxy groups -OCH3 is 1. The number of rotatable bonds is 2. The minimum Gasteiger partial charge on any atom is -0.494 e. The first-order valence-corrected chi connectivity index (χ1v) is 13.6. The van der Waals surface area contributed by atoms with E-state index in [0.717, 1.165) is 27.8 Å². The number of carboxylic acid groups (broad SMARTS) is 1. The van der Waals surface area contributed by atoms with Crippen LogP contribution in [0.1, 0.15) is 34.0 Å². The van der Waals surface area contributed by atoms with E-state index in [1.54, 1.807) is 24.7 Å². The van der Waals surface area contributed by atoms with Crippen molar-refractivity contribution in [2.45, 2.75) is 31.7 Å². The van der Waals surface area contributed by atoms with Crippen LogP contribution in [-0.4, -0.2) is 58.6 Å². The zero-order chi connectivity index (χ0) is 29.0. The monoisotopic (exact) mass is 561 g/mol. The van der Waals surface area contributed by atoms with Crippen LogP contribution in [0.5, 0.6) is 5.75 Å². The fourth-order valence-corrected chi connectivity index (χ4v) is 5.91. The van der Waals surface area contributed by atoms with Gasteiger partial charge in [-0.15, -0.1) is 0 Å². The summed E-state index contributed by atoms with van der Waals surface area (Å²) in [6.45, 7) is 0.710. The lowest BCUT2D eigenvalue weighted by atomic mass is 9.93. The van der Waals surface area contributed by atoms with Crippen molar-refractivity contribution in [1.82, 2.24) is 24.1 Å². The third-order valence-corrected chi connectivity index (χ3v) is 7.90. The van der Waals surface area contributed by atoms with E-state index in [-0.39, 0.29) is 12.0 Å². The molecule has 7 rings (SSSR count). The highest BCUT2D eigenvalue weighted by Gasteiger charge is 2.26. The number of aliphatic hydroxyl groups excluding tert-OH is 2. The Balaban J connectivity index is 1.55. The minimum atomic E-state index is -1.12. The molecule has 0 fully saturated rings. The summed E-state index contributed by atoms with van der Waals surface area (Å²) in [6.07, 6.45) is 3.29. The number of aromatic carboxylic acids is 1. The third-order valence-electron chi connectivity index (χ3n) is 7.90. The molecular weight excluding hydrogens is 534 g/mol. The number of benzene rings is 2. The number of hydrogen-bond donors (Lipinski definition) is 3. The van der Waals surface area contributed by atoms with Gasteiger partial charge in [0.1, 0.15) is 23.0 Å². The quantitative estimate of drug-likeness (QED) is 0.278. The van der Waals surface area contributed by atoms with Crippen molar-refractivity contribution in [2.24, 2.45) is 0 Å². The summed E-state index contributed by atoms with van der Waals surface area (Å²) in [7, 11) is 1.51. The molecule has 210 valence electrons. The molecule has 0 amide bonds. The smallest absolute Gasteiger partial charge is 0.335 e. The van der Waals surface area contributed by atoms with Gasteiger partial charge in [-0.05, 0) is 59.5 Å². The molecule has 2 atom stereocenters. The van der Waals surface area contributed by atoms with Crippen LogP contribution in [-0.2, 0) is 13.1 Å². The number of fused-ring (bicyclic) bond motifs is 11. The van der Waals surface area contributed by atoms with Crippen LogP contribution < -0.4 is 4.74 Å². The Morgan fingerprint density at radius 2 is 1.88 bits per heavy atom. The average Bonchev–Trinajstić information content (AvgIpc) is 3.56. The fourth-order valence-electron chi connectivity index (χ4n) is 5.91. The number of nitrogens with zero attached hydrogens (tertiary/aromatic N) is 5. The molecule has 10 heteroatoms. The Labute approximate surface area is 240 Å². The number of carbonyl (C=O) groups is 1. The number of hydrogen-bond acceptors (Lipinski definition) is 7. The normalized spacial score (nSPS) is 16.8. The van der Waals surface area contributed by atoms with Gasteiger partial charge < -0.3 is 29.2 Å². The van der Waals surface area contributed by atoms with E-state index in [2.05, 4.69) is 9.97 Å². The summed E-state index contributed by atoms with van der Waals surface area (Å²) in [6, 6.07) is 18.3. The van der Waals surface area contributed by atoms with Crippen LogP contribution in [0.15, 0.2) is 79.3 Å². The second-order valence-electron chi connectivity index (χ2n) is 10.4. The average molecular weight is 562 g/mol. The SMILES string of the molecule is COc1cc(C(=O)O)cc2nc3n(c12)Cc1cncc(c1)-c1ccccc1[C@H](O)[C@H](O)CCn1c-3cc2cccnc21. The van der Waals surface area contributed by atoms with Crippen molar-refractivity contribution < 1.29 is 24.9 Å². The first-order chi connectivity index (χ1) is 20.4. The summed E-state index contributed by atoms with van der Waals surface area (Å²) < 4.78 is 9.70. The molecule has 4 aromatic heterocycles. The van der Waals surface area contributed by atoms with Crippen molar-refractivity contribution in [3.8, 4) is 28.4 Å². The maximum absolute atomic E-state index is 11.9. The van der Waals surface area contributed by atoms with Crippen molar-refractivity contribution >= 4 is 28.0 Å². The Morgan fingerprint density at radius 1 is 1.02 bits per heavy atom. The van der Waals surface area contributed by atoms with Gasteiger partial charge in [-0.1, -0.05) is 24.3 Å². The second kappa shape index (κ2) is 10.1. The number of aromatic nitrogens is 5. The third kappa shape index (κ3) is 4.20. The molecule has 0 unspecified atom stereocenters. The molecule has 42 heavy (non-hydrogen) atoms. The number of aryl methyl sites for hydroxylation is 1. The highest BCUT2D eigenvalue weighted by atomic mass is 16.5. The molecule has 0 saturated carbocycles. The molecule has 1 aliphatic heterocycles. The zero-order valence-corrected chi connectivity index (χ0v) is 22.7. The van der Waals surface area contributed by atoms with Crippen LogP contribution in [0.4, 0.5) is 0 Å². The molecule has 3 N–H and O–H groups in total. The lowest BCUT2D eigenvalue weighted by Crippen LogP contribution is -2.21. The number of imidazole rings is 1. The molecule has 0 saturated heterocycles. The van der Waals surface area contributed by atoms with Gasteiger partial charge in [0.05, 0.1) is 36.5 Å². The Kier molecular flexibility index (Phi) is 6.22. The minimum absolute atomic E-state index is 0.0704. The van der Waals surface area contributed by atoms with Crippen LogP contribution in [0.2, 0.25) is 0 Å². The van der Waals surface area contributed by atoms with Crippen LogP contribution in [0.25, 0.3) is 44.7 Å². The zero-order valence-electron chi connectivity index (χ0n) is 22.7. The highest BCUT2D eigenvalue weighted by Crippen LogP contribution is 2.37. The molecule has 6 aromatic rings. The fraction of sp³-hybridized carbons (Fsp3) is 0.188. The molecule has 5 heterocycles. The molecule has 10 nitrogen and oxygen atoms in total. The van der Waals surface area contributed by atoms with E-state index in [4.69, 9.17) is 9.72 Å². The maximum Gasteiger partial charge on any atom is 0.335 e. The predicted octanol–water partition coefficient (Wildman–Crippen LogP) is 4.67. The van der Waals surface area contributed by atoms with Gasteiger partial charge in [0, 0.05) is 36.1 Å². The Hall–Kier alpha value is -5.06. The molecular formula is C32H27N5O5. The summed E-state index contributed by atoms with van der Waals surface area (Å²) >= 11 is 0. The summed E-state index contributed by atoms with van der Waals surface area (Å²) in [4.78, 5) is 26.0. The van der Waals surface area contributed by atoms with Gasteiger partial charge in [0.25, 0.3) is 0 Å². The van der Waals surface area contributed by atoms with E-state index in [1.807, 2.05) is 57.7 Å². The van der Waals surface area contributed by atoms with Gasteiger partial charge in [-0.25, -0.2) is 14.8 Å². The van der Waals surface area contributed by atoms with E-state index in [9.17, 15) is 20.1 Å². The van der Waals surface area contributed by atoms with Gasteiger partial charge in [-0.2, -0.15) is 0 Å². The van der Waals surface area contributed by atoms with Crippen molar-refractivity contribution in [3.63, 3.8) is 0 Å². The lowest BCUT2D eigenvalue weighted by molar-refractivity contribution is 0.0115. The molecule has 2 aromatic carbocycles. The standard InChI is InChI=1S/C32H27N5O5/c1-42-27-14-20(32(40)41)12-24-28(27)37-17-18-11-21(16-33-15-18)22-6-2-3-7-23(22)29(39)26(38)8-10-36-25(31(37)35-24)13-19-5-4-9-34-30(19)36/h2-7,9,11-16,26,29,38-39H,8,10,17H2,1H3,(H,40,41)/t26-,29+/m1/s1. The first kappa shape index (κ1) is 25.9. The van der Waals surface area contributed by atoms with E-state index in [0.29, 0.717) is 46.9 Å². The van der Waals surface area contributed by atoms with Crippen molar-refractivity contribution in [3.05, 3.63) is 95.9 Å². The summed E-state index contributed by atoms with van der Waals surface area (Å²) in [5.74, 6) is -0.105. The van der Waals surface area contributed by atoms with Gasteiger partial charge in [0.15, 0.2) is 5.82 Å². The molecule has 0 spiro atoms. The number of carboxylic acids is 1. The predicted molar refractivity (Wildman–Crippen MR) is 156 cm³/mol. The molecule has 0 aliphatic carbocycles. The number of aliphatic hydroxyl groups is 2. The van der Waals surface area contributed by atoms with E-state index < -0.39 is 18.2 Å². The van der Waals surface area contributed by atoms with Crippen molar-refractivity contribution in [2.75, 3.05) is 7.11 Å². The van der Waals surface area contributed by atoms with E-state index in [1.165, 1.54) is 13.2 Å². The number of pyridine rings is 2. The summed E-state index contributed by atoms with van der Waals surface area (Å²) in [5.41, 5.74) is 5.70. The Bertz CT molecular complexity index is 1990. The number of ether oxygens (including phenoxy) is 1. The first-order valence-electron chi connectivity index (χ1n) is 13.6. The molecule has 0 radical (unpaired) electrons. The van der Waals surface area contributed by atoms with Gasteiger partial charge >= 0.3 is 5.97 Å². The molecule has 2 bridgehead atoms. The topological polar surface area (TPSA) is 136 Å².